The standard InChI is InChI=1S/CO3S3.H3N/c2-1-3-5-7-6-4-1;/h;1H3. The van der Waals surface area contributed by atoms with Crippen LogP contribution in [-0.4, -0.2) is 0 Å². The Morgan fingerprint density at radius 2 is 1.75 bits per heavy atom. The van der Waals surface area contributed by atoms with E-state index in [0.29, 0.717) is 0 Å². The molecule has 1 aromatic rings. The third kappa shape index (κ3) is 2.26. The molecule has 8 heavy (non-hydrogen) atoms. The van der Waals surface area contributed by atoms with Crippen molar-refractivity contribution in [2.75, 3.05) is 0 Å². The van der Waals surface area contributed by atoms with E-state index in [-0.39, 0.29) is 6.15 Å². The van der Waals surface area contributed by atoms with Gasteiger partial charge in [-0.25, -0.2) is 4.79 Å². The van der Waals surface area contributed by atoms with E-state index in [9.17, 15) is 4.79 Å². The molecule has 1 aromatic heterocycles. The van der Waals surface area contributed by atoms with Gasteiger partial charge in [0.1, 0.15) is 21.3 Å². The Kier molecular flexibility index (Phi) is 3.79. The van der Waals surface area contributed by atoms with Gasteiger partial charge in [-0.3, -0.25) is 0 Å². The van der Waals surface area contributed by atoms with Crippen LogP contribution in [0, 0.1) is 0 Å². The van der Waals surface area contributed by atoms with Crippen LogP contribution in [0.25, 0.3) is 0 Å². The van der Waals surface area contributed by atoms with E-state index >= 15 is 0 Å². The summed E-state index contributed by atoms with van der Waals surface area (Å²) in [6, 6.07) is 0. The summed E-state index contributed by atoms with van der Waals surface area (Å²) in [6.07, 6.45) is 0. The molecule has 0 aliphatic heterocycles. The summed E-state index contributed by atoms with van der Waals surface area (Å²) in [5, 5.41) is 0. The minimum absolute atomic E-state index is 0. The van der Waals surface area contributed by atoms with Crippen LogP contribution >= 0.6 is 30.6 Å². The van der Waals surface area contributed by atoms with Crippen LogP contribution in [0.4, 0.5) is 0 Å². The first kappa shape index (κ1) is 7.89. The molecule has 7 heteroatoms. The van der Waals surface area contributed by atoms with Crippen LogP contribution in [-0.2, 0) is 0 Å². The van der Waals surface area contributed by atoms with Gasteiger partial charge in [0, 0.05) is 0 Å². The fourth-order valence-electron chi connectivity index (χ4n) is 0.109. The van der Waals surface area contributed by atoms with Gasteiger partial charge in [-0.1, -0.05) is 0 Å². The molecule has 0 radical (unpaired) electrons. The van der Waals surface area contributed by atoms with Crippen molar-refractivity contribution in [1.82, 2.24) is 6.15 Å². The first-order valence-corrected chi connectivity index (χ1v) is 4.61. The third-order valence-electron chi connectivity index (χ3n) is 0.260. The maximum Gasteiger partial charge on any atom is 0.544 e. The van der Waals surface area contributed by atoms with Gasteiger partial charge in [0.05, 0.1) is 9.34 Å². The number of hydrogen-bond acceptors (Lipinski definition) is 7. The van der Waals surface area contributed by atoms with Crippen molar-refractivity contribution >= 4 is 30.6 Å². The predicted molar refractivity (Wildman–Crippen MR) is 33.5 cm³/mol. The molecule has 0 aliphatic carbocycles. The summed E-state index contributed by atoms with van der Waals surface area (Å²) < 4.78 is 8.55. The fraction of sp³-hybridized carbons (Fsp3) is 0. The van der Waals surface area contributed by atoms with E-state index in [0.717, 1.165) is 21.3 Å². The van der Waals surface area contributed by atoms with Crippen LogP contribution in [0.15, 0.2) is 12.5 Å². The Morgan fingerprint density at radius 1 is 1.25 bits per heavy atom. The van der Waals surface area contributed by atoms with Crippen LogP contribution in [0.2, 0.25) is 0 Å². The lowest BCUT2D eigenvalue weighted by molar-refractivity contribution is 0.440. The molecule has 0 saturated heterocycles. The van der Waals surface area contributed by atoms with Crippen LogP contribution in [0.1, 0.15) is 0 Å². The van der Waals surface area contributed by atoms with Crippen molar-refractivity contribution in [3.8, 4) is 0 Å². The lowest BCUT2D eigenvalue weighted by atomic mass is 11.6. The Hall–Kier alpha value is -0.110. The highest BCUT2D eigenvalue weighted by Crippen LogP contribution is 2.05. The molecule has 0 fully saturated rings. The molecule has 1 heterocycles. The molecule has 0 spiro atoms. The summed E-state index contributed by atoms with van der Waals surface area (Å²) in [5.41, 5.74) is 0. The largest absolute Gasteiger partial charge is 0.544 e. The minimum atomic E-state index is -0.631. The molecule has 1 rings (SSSR count). The second kappa shape index (κ2) is 3.84. The van der Waals surface area contributed by atoms with E-state index in [2.05, 4.69) is 7.70 Å². The van der Waals surface area contributed by atoms with Gasteiger partial charge in [-0.2, -0.15) is 0 Å². The van der Waals surface area contributed by atoms with Crippen molar-refractivity contribution in [2.45, 2.75) is 0 Å². The summed E-state index contributed by atoms with van der Waals surface area (Å²) in [7, 11) is 3.28. The highest BCUT2D eigenvalue weighted by atomic mass is 33.2. The normalized spacial score (nSPS) is 7.50. The lowest BCUT2D eigenvalue weighted by Gasteiger charge is -1.68. The average Bonchev–Trinajstić information content (AvgIpc) is 1.69. The zero-order valence-corrected chi connectivity index (χ0v) is 6.11. The molecule has 0 amide bonds. The van der Waals surface area contributed by atoms with Gasteiger partial charge in [-0.15, -0.1) is 0 Å². The van der Waals surface area contributed by atoms with Gasteiger partial charge in [0.25, 0.3) is 0 Å². The predicted octanol–water partition coefficient (Wildman–Crippen LogP) is 1.70. The van der Waals surface area contributed by atoms with Crippen LogP contribution in [0.3, 0.4) is 0 Å². The minimum Gasteiger partial charge on any atom is -0.344 e. The van der Waals surface area contributed by atoms with E-state index in [1.54, 1.807) is 0 Å². The van der Waals surface area contributed by atoms with E-state index < -0.39 is 5.82 Å². The smallest absolute Gasteiger partial charge is 0.344 e. The Bertz CT molecular complexity index is 180. The SMILES string of the molecule is N.O=c1ossso1. The molecule has 48 valence electrons. The summed E-state index contributed by atoms with van der Waals surface area (Å²) in [6.45, 7) is 0. The molecule has 0 saturated carbocycles. The molecular weight excluding hydrogens is 170 g/mol. The van der Waals surface area contributed by atoms with E-state index in [4.69, 9.17) is 0 Å². The molecule has 0 atom stereocenters. The van der Waals surface area contributed by atoms with Crippen molar-refractivity contribution in [2.24, 2.45) is 0 Å². The van der Waals surface area contributed by atoms with Crippen LogP contribution in [0.5, 0.6) is 0 Å². The molecule has 0 aromatic carbocycles. The maximum absolute atomic E-state index is 9.96. The summed E-state index contributed by atoms with van der Waals surface area (Å²) in [4.78, 5) is 9.96. The average molecular weight is 173 g/mol. The second-order valence-electron chi connectivity index (χ2n) is 0.621. The van der Waals surface area contributed by atoms with Crippen molar-refractivity contribution in [3.05, 3.63) is 10.6 Å². The maximum atomic E-state index is 9.96. The Morgan fingerprint density at radius 3 is 2.00 bits per heavy atom. The van der Waals surface area contributed by atoms with Gasteiger partial charge in [0.15, 0.2) is 0 Å². The molecular formula is CH3NO3S3. The zero-order valence-electron chi connectivity index (χ0n) is 3.66. The molecule has 0 unspecified atom stereocenters. The molecule has 3 N–H and O–H groups in total. The van der Waals surface area contributed by atoms with Gasteiger partial charge in [0.2, 0.25) is 0 Å². The Balaban J connectivity index is 0.000000490. The molecule has 0 aliphatic rings. The summed E-state index contributed by atoms with van der Waals surface area (Å²) >= 11 is 0. The topological polar surface area (TPSA) is 78.4 Å². The number of rotatable bonds is 0. The van der Waals surface area contributed by atoms with Gasteiger partial charge >= 0.3 is 5.82 Å². The molecule has 0 bridgehead atoms. The molecule has 4 nitrogen and oxygen atoms in total. The van der Waals surface area contributed by atoms with E-state index in [1.165, 1.54) is 9.34 Å². The Labute approximate surface area is 55.5 Å². The van der Waals surface area contributed by atoms with Crippen molar-refractivity contribution in [1.29, 1.82) is 0 Å². The van der Waals surface area contributed by atoms with Crippen molar-refractivity contribution in [3.63, 3.8) is 0 Å². The fourth-order valence-corrected chi connectivity index (χ4v) is 1.68. The highest BCUT2D eigenvalue weighted by molar-refractivity contribution is 7.90. The third-order valence-corrected chi connectivity index (χ3v) is 2.52. The number of hydrogen-bond donors (Lipinski definition) is 1. The van der Waals surface area contributed by atoms with Crippen molar-refractivity contribution < 1.29 is 7.70 Å². The zero-order chi connectivity index (χ0) is 5.11. The lowest BCUT2D eigenvalue weighted by Crippen LogP contribution is -1.86. The monoisotopic (exact) mass is 173 g/mol. The highest BCUT2D eigenvalue weighted by Gasteiger charge is 1.79. The van der Waals surface area contributed by atoms with Crippen LogP contribution < -0.4 is 12.0 Å². The first-order chi connectivity index (χ1) is 3.39. The first-order valence-electron chi connectivity index (χ1n) is 1.28. The van der Waals surface area contributed by atoms with Gasteiger partial charge < -0.3 is 13.8 Å². The quantitative estimate of drug-likeness (QED) is 0.605. The summed E-state index contributed by atoms with van der Waals surface area (Å²) in [5.74, 6) is -0.631. The van der Waals surface area contributed by atoms with E-state index in [1.807, 2.05) is 0 Å². The van der Waals surface area contributed by atoms with Gasteiger partial charge in [-0.05, 0) is 0 Å². The second-order valence-corrected chi connectivity index (χ2v) is 3.81.